The van der Waals surface area contributed by atoms with E-state index in [-0.39, 0.29) is 5.91 Å². The van der Waals surface area contributed by atoms with Crippen molar-refractivity contribution in [2.75, 3.05) is 13.2 Å². The average molecular weight is 263 g/mol. The summed E-state index contributed by atoms with van der Waals surface area (Å²) < 4.78 is 5.54. The second-order valence-electron chi connectivity index (χ2n) is 5.13. The second-order valence-corrected chi connectivity index (χ2v) is 5.13. The predicted molar refractivity (Wildman–Crippen MR) is 78.4 cm³/mol. The van der Waals surface area contributed by atoms with E-state index < -0.39 is 0 Å². The molecule has 106 valence electrons. The highest BCUT2D eigenvalue weighted by Crippen LogP contribution is 2.12. The summed E-state index contributed by atoms with van der Waals surface area (Å²) in [5, 5.41) is 2.90. The lowest BCUT2D eigenvalue weighted by Gasteiger charge is -2.08. The van der Waals surface area contributed by atoms with Gasteiger partial charge in [-0.05, 0) is 36.5 Å². The third-order valence-corrected chi connectivity index (χ3v) is 2.97. The minimum atomic E-state index is 0.0610. The van der Waals surface area contributed by atoms with Crippen LogP contribution < -0.4 is 10.1 Å². The molecular formula is C16H25NO2. The van der Waals surface area contributed by atoms with Gasteiger partial charge in [0, 0.05) is 6.54 Å². The molecule has 0 fully saturated rings. The first-order valence-corrected chi connectivity index (χ1v) is 7.10. The molecule has 0 aromatic heterocycles. The largest absolute Gasteiger partial charge is 0.493 e. The first-order valence-electron chi connectivity index (χ1n) is 7.10. The summed E-state index contributed by atoms with van der Waals surface area (Å²) in [5.41, 5.74) is 1.29. The van der Waals surface area contributed by atoms with Crippen LogP contribution in [-0.2, 0) is 11.2 Å². The van der Waals surface area contributed by atoms with Crippen molar-refractivity contribution in [1.29, 1.82) is 0 Å². The zero-order chi connectivity index (χ0) is 14.1. The van der Waals surface area contributed by atoms with Crippen LogP contribution in [0.1, 0.15) is 39.2 Å². The highest BCUT2D eigenvalue weighted by molar-refractivity contribution is 5.75. The van der Waals surface area contributed by atoms with Gasteiger partial charge in [-0.15, -0.1) is 0 Å². The smallest absolute Gasteiger partial charge is 0.223 e. The zero-order valence-corrected chi connectivity index (χ0v) is 12.2. The Labute approximate surface area is 116 Å². The number of rotatable bonds is 8. The van der Waals surface area contributed by atoms with Crippen molar-refractivity contribution in [3.05, 3.63) is 29.8 Å². The predicted octanol–water partition coefficient (Wildman–Crippen LogP) is 3.18. The second kappa shape index (κ2) is 8.57. The lowest BCUT2D eigenvalue weighted by Crippen LogP contribution is -2.26. The molecule has 0 heterocycles. The van der Waals surface area contributed by atoms with Crippen LogP contribution in [-0.4, -0.2) is 19.1 Å². The molecule has 3 nitrogen and oxygen atoms in total. The Morgan fingerprint density at radius 3 is 2.53 bits per heavy atom. The minimum absolute atomic E-state index is 0.0610. The van der Waals surface area contributed by atoms with Gasteiger partial charge in [0.1, 0.15) is 5.75 Å². The fourth-order valence-electron chi connectivity index (χ4n) is 1.67. The normalized spacial score (nSPS) is 10.5. The summed E-state index contributed by atoms with van der Waals surface area (Å²) in [6.07, 6.45) is 2.46. The molecule has 1 N–H and O–H groups in total. The van der Waals surface area contributed by atoms with Gasteiger partial charge in [0.15, 0.2) is 0 Å². The number of hydrogen-bond donors (Lipinski definition) is 1. The number of hydrogen-bond acceptors (Lipinski definition) is 2. The molecule has 1 aromatic carbocycles. The first-order chi connectivity index (χ1) is 9.11. The quantitative estimate of drug-likeness (QED) is 0.782. The fraction of sp³-hybridized carbons (Fsp3) is 0.562. The molecule has 0 aliphatic heterocycles. The Morgan fingerprint density at radius 1 is 1.26 bits per heavy atom. The van der Waals surface area contributed by atoms with Crippen molar-refractivity contribution in [2.24, 2.45) is 5.92 Å². The van der Waals surface area contributed by atoms with Crippen molar-refractivity contribution in [2.45, 2.75) is 40.0 Å². The van der Waals surface area contributed by atoms with Crippen LogP contribution >= 0.6 is 0 Å². The number of aryl methyl sites for hydroxylation is 1. The highest BCUT2D eigenvalue weighted by Gasteiger charge is 2.02. The van der Waals surface area contributed by atoms with Crippen molar-refractivity contribution in [1.82, 2.24) is 5.32 Å². The van der Waals surface area contributed by atoms with Crippen molar-refractivity contribution in [3.63, 3.8) is 0 Å². The topological polar surface area (TPSA) is 38.3 Å². The van der Waals surface area contributed by atoms with E-state index in [1.165, 1.54) is 5.56 Å². The maximum absolute atomic E-state index is 11.5. The van der Waals surface area contributed by atoms with Gasteiger partial charge in [-0.25, -0.2) is 0 Å². The summed E-state index contributed by atoms with van der Waals surface area (Å²) in [5.74, 6) is 1.51. The molecule has 0 atom stereocenters. The summed E-state index contributed by atoms with van der Waals surface area (Å²) in [4.78, 5) is 11.5. The van der Waals surface area contributed by atoms with E-state index in [4.69, 9.17) is 4.74 Å². The van der Waals surface area contributed by atoms with E-state index in [1.54, 1.807) is 0 Å². The molecule has 0 aliphatic carbocycles. The molecule has 0 unspecified atom stereocenters. The minimum Gasteiger partial charge on any atom is -0.493 e. The van der Waals surface area contributed by atoms with Crippen LogP contribution in [0.3, 0.4) is 0 Å². The third-order valence-electron chi connectivity index (χ3n) is 2.97. The molecule has 0 spiro atoms. The van der Waals surface area contributed by atoms with Crippen molar-refractivity contribution >= 4 is 5.91 Å². The van der Waals surface area contributed by atoms with Crippen molar-refractivity contribution < 1.29 is 9.53 Å². The first kappa shape index (κ1) is 15.5. The average Bonchev–Trinajstić information content (AvgIpc) is 2.39. The summed E-state index contributed by atoms with van der Waals surface area (Å²) in [7, 11) is 0. The fourth-order valence-corrected chi connectivity index (χ4v) is 1.67. The van der Waals surface area contributed by atoms with Crippen LogP contribution in [0.5, 0.6) is 5.75 Å². The number of carbonyl (C=O) groups is 1. The van der Waals surface area contributed by atoms with Gasteiger partial charge in [0.05, 0.1) is 13.0 Å². The molecule has 19 heavy (non-hydrogen) atoms. The summed E-state index contributed by atoms with van der Waals surface area (Å²) in [6.45, 7) is 7.60. The molecule has 0 bridgehead atoms. The van der Waals surface area contributed by atoms with E-state index in [0.717, 1.165) is 25.1 Å². The molecule has 1 aromatic rings. The monoisotopic (exact) mass is 263 g/mol. The molecule has 0 aliphatic rings. The molecule has 3 heteroatoms. The Balaban J connectivity index is 2.16. The summed E-state index contributed by atoms with van der Waals surface area (Å²) in [6, 6.07) is 8.01. The maximum atomic E-state index is 11.5. The molecular weight excluding hydrogens is 238 g/mol. The van der Waals surface area contributed by atoms with E-state index in [1.807, 2.05) is 12.1 Å². The molecule has 1 amide bonds. The standard InChI is InChI=1S/C16H25NO2/c1-4-14-5-7-15(8-6-14)19-12-10-16(18)17-11-9-13(2)3/h5-8,13H,4,9-12H2,1-3H3,(H,17,18). The zero-order valence-electron chi connectivity index (χ0n) is 12.2. The van der Waals surface area contributed by atoms with E-state index in [0.29, 0.717) is 18.9 Å². The van der Waals surface area contributed by atoms with Gasteiger partial charge in [-0.2, -0.15) is 0 Å². The number of amides is 1. The lowest BCUT2D eigenvalue weighted by molar-refractivity contribution is -0.121. The van der Waals surface area contributed by atoms with Gasteiger partial charge in [0.2, 0.25) is 5.91 Å². The van der Waals surface area contributed by atoms with Crippen LogP contribution in [0.25, 0.3) is 0 Å². The van der Waals surface area contributed by atoms with Crippen LogP contribution in [0.4, 0.5) is 0 Å². The number of benzene rings is 1. The molecule has 0 saturated carbocycles. The Morgan fingerprint density at radius 2 is 1.95 bits per heavy atom. The molecule has 1 rings (SSSR count). The van der Waals surface area contributed by atoms with Crippen LogP contribution in [0.15, 0.2) is 24.3 Å². The van der Waals surface area contributed by atoms with Gasteiger partial charge < -0.3 is 10.1 Å². The number of ether oxygens (including phenoxy) is 1. The Kier molecular flexibility index (Phi) is 7.01. The Hall–Kier alpha value is -1.51. The number of nitrogens with one attached hydrogen (secondary N) is 1. The maximum Gasteiger partial charge on any atom is 0.223 e. The van der Waals surface area contributed by atoms with Gasteiger partial charge in [-0.3, -0.25) is 4.79 Å². The summed E-state index contributed by atoms with van der Waals surface area (Å²) >= 11 is 0. The van der Waals surface area contributed by atoms with E-state index in [9.17, 15) is 4.79 Å². The van der Waals surface area contributed by atoms with E-state index in [2.05, 4.69) is 38.2 Å². The third kappa shape index (κ3) is 6.85. The SMILES string of the molecule is CCc1ccc(OCCC(=O)NCCC(C)C)cc1. The highest BCUT2D eigenvalue weighted by atomic mass is 16.5. The van der Waals surface area contributed by atoms with Crippen LogP contribution in [0.2, 0.25) is 0 Å². The van der Waals surface area contributed by atoms with Gasteiger partial charge in [-0.1, -0.05) is 32.9 Å². The van der Waals surface area contributed by atoms with Crippen LogP contribution in [0, 0.1) is 5.92 Å². The molecule has 0 saturated heterocycles. The van der Waals surface area contributed by atoms with E-state index >= 15 is 0 Å². The van der Waals surface area contributed by atoms with Gasteiger partial charge >= 0.3 is 0 Å². The van der Waals surface area contributed by atoms with Crippen molar-refractivity contribution in [3.8, 4) is 5.75 Å². The van der Waals surface area contributed by atoms with Gasteiger partial charge in [0.25, 0.3) is 0 Å². The number of carbonyl (C=O) groups excluding carboxylic acids is 1. The Bertz CT molecular complexity index is 371. The lowest BCUT2D eigenvalue weighted by atomic mass is 10.1. The molecule has 0 radical (unpaired) electrons.